The molecular formula is C40H77N3O21. The molecule has 4 fully saturated rings. The van der Waals surface area contributed by atoms with Crippen LogP contribution in [0.5, 0.6) is 0 Å². The fourth-order valence-electron chi connectivity index (χ4n) is 7.21. The molecule has 0 spiro atoms. The number of aliphatic hydroxyl groups is 10. The molecule has 0 bridgehead atoms. The van der Waals surface area contributed by atoms with E-state index in [9.17, 15) is 51.1 Å². The van der Waals surface area contributed by atoms with Gasteiger partial charge in [0.15, 0.2) is 25.2 Å². The Morgan fingerprint density at radius 1 is 0.531 bits per heavy atom. The fraction of sp³-hybridized carbons (Fsp3) is 0.950. The molecule has 64 heavy (non-hydrogen) atoms. The number of rotatable bonds is 20. The highest BCUT2D eigenvalue weighted by molar-refractivity contribution is 4.96. The van der Waals surface area contributed by atoms with Crippen molar-refractivity contribution in [3.63, 3.8) is 0 Å². The van der Waals surface area contributed by atoms with Crippen LogP contribution in [0.4, 0.5) is 0 Å². The Labute approximate surface area is 374 Å². The summed E-state index contributed by atoms with van der Waals surface area (Å²) in [5.41, 5.74) is 0.715. The van der Waals surface area contributed by atoms with Crippen LogP contribution in [0.3, 0.4) is 0 Å². The average molecular weight is 936 g/mol. The molecule has 24 nitrogen and oxygen atoms in total. The molecule has 1 aromatic rings. The zero-order valence-corrected chi connectivity index (χ0v) is 37.3. The molecule has 4 aliphatic heterocycles. The molecule has 0 aromatic carbocycles. The Morgan fingerprint density at radius 2 is 0.953 bits per heavy atom. The highest BCUT2D eigenvalue weighted by Gasteiger charge is 2.51. The third kappa shape index (κ3) is 14.9. The molecule has 4 aliphatic rings. The molecule has 378 valence electrons. The maximum atomic E-state index is 11.3. The fourth-order valence-corrected chi connectivity index (χ4v) is 7.21. The smallest absolute Gasteiger partial charge is 0.186 e. The van der Waals surface area contributed by atoms with Gasteiger partial charge in [0.2, 0.25) is 0 Å². The number of aliphatic hydroxyl groups excluding tert-OH is 10. The first-order valence-electron chi connectivity index (χ1n) is 21.7. The van der Waals surface area contributed by atoms with Crippen molar-refractivity contribution in [1.82, 2.24) is 15.0 Å². The molecular weight excluding hydrogens is 858 g/mol. The van der Waals surface area contributed by atoms with Crippen molar-refractivity contribution < 1.29 is 103 Å². The molecule has 0 radical (unpaired) electrons. The largest absolute Gasteiger partial charge is 0.387 e. The lowest BCUT2D eigenvalue weighted by Gasteiger charge is -2.45. The second-order valence-electron chi connectivity index (χ2n) is 14.7. The van der Waals surface area contributed by atoms with E-state index in [0.29, 0.717) is 25.1 Å². The second-order valence-corrected chi connectivity index (χ2v) is 14.7. The second kappa shape index (κ2) is 29.2. The maximum Gasteiger partial charge on any atom is 0.186 e. The van der Waals surface area contributed by atoms with E-state index in [1.54, 1.807) is 17.8 Å². The van der Waals surface area contributed by atoms with E-state index in [1.165, 1.54) is 14.2 Å². The standard InChI is InChI=1S/C35H61N3O21.2C2H6.CH4/c1-5-38-10-15(36-37-38)8-7-9-52-31-19(14-55-33-26(45)22(41)20(39)16(56-33)11-49-3)59-35(29(48)25(31)44)53-12-17-21(40)23(42)27(46)34(57-17)54-13-18-30(51-6-2)24(43)28(47)32(50-4)58-18;2*1-2;/h10,16-35,39-48H,5-9,11-14H2,1-4H3;2*1-2H3;1H4/t16-,17-,18-,19-,20?,21?,22-,23-,24+,25+,26-,27-,28-,29-,30?,31?,32?,33+,34-,35+;;;/m0.../s1. The number of hydrogen-bond donors (Lipinski definition) is 10. The molecule has 5 heterocycles. The van der Waals surface area contributed by atoms with Crippen molar-refractivity contribution in [2.75, 3.05) is 53.9 Å². The van der Waals surface area contributed by atoms with Crippen LogP contribution in [0.1, 0.15) is 61.1 Å². The number of hydrogen-bond acceptors (Lipinski definition) is 23. The molecule has 24 heteroatoms. The highest BCUT2D eigenvalue weighted by atomic mass is 16.8. The minimum absolute atomic E-state index is 0. The van der Waals surface area contributed by atoms with Gasteiger partial charge in [-0.25, -0.2) is 0 Å². The summed E-state index contributed by atoms with van der Waals surface area (Å²) in [6, 6.07) is 0. The number of nitrogens with zero attached hydrogens (tertiary/aromatic N) is 3. The van der Waals surface area contributed by atoms with Gasteiger partial charge in [0, 0.05) is 40.2 Å². The normalized spacial score (nSPS) is 40.0. The summed E-state index contributed by atoms with van der Waals surface area (Å²) in [5, 5.41) is 115. The van der Waals surface area contributed by atoms with Gasteiger partial charge >= 0.3 is 0 Å². The Bertz CT molecular complexity index is 1370. The number of aryl methyl sites for hydroxylation is 2. The van der Waals surface area contributed by atoms with Crippen LogP contribution < -0.4 is 0 Å². The number of methoxy groups -OCH3 is 2. The first-order valence-corrected chi connectivity index (χ1v) is 21.7. The zero-order chi connectivity index (χ0) is 47.0. The van der Waals surface area contributed by atoms with Crippen LogP contribution in [0, 0.1) is 0 Å². The Kier molecular flexibility index (Phi) is 26.7. The average Bonchev–Trinajstić information content (AvgIpc) is 3.77. The van der Waals surface area contributed by atoms with Crippen LogP contribution in [-0.2, 0) is 65.1 Å². The van der Waals surface area contributed by atoms with E-state index >= 15 is 0 Å². The topological polar surface area (TPSA) is 335 Å². The SMILES string of the molecule is C.CC.CC.CCOC1[C@H](CO[C@H]2O[C@@H](CO[C@@H]3O[C@@H](CO[C@@H]4O[C@@H](COC)C(O)[C@H](O)[C@@H]4O)C(OCCCc4cn(CC)nn4)[C@H](O)[C@@H]3O)C(O)[C@H](O)[C@@H]2O)OC(OC)[C@@H](O)[C@H]1O. The predicted molar refractivity (Wildman–Crippen MR) is 220 cm³/mol. The Morgan fingerprint density at radius 3 is 1.41 bits per heavy atom. The third-order valence-corrected chi connectivity index (χ3v) is 10.6. The molecule has 0 amide bonds. The maximum absolute atomic E-state index is 11.3. The van der Waals surface area contributed by atoms with Crippen molar-refractivity contribution in [1.29, 1.82) is 0 Å². The van der Waals surface area contributed by atoms with Crippen molar-refractivity contribution in [2.45, 2.75) is 191 Å². The van der Waals surface area contributed by atoms with Gasteiger partial charge in [-0.2, -0.15) is 0 Å². The highest BCUT2D eigenvalue weighted by Crippen LogP contribution is 2.31. The molecule has 0 aliphatic carbocycles. The number of ether oxygens (including phenoxy) is 11. The van der Waals surface area contributed by atoms with E-state index in [0.717, 1.165) is 0 Å². The van der Waals surface area contributed by atoms with Crippen LogP contribution >= 0.6 is 0 Å². The van der Waals surface area contributed by atoms with E-state index in [4.69, 9.17) is 52.1 Å². The van der Waals surface area contributed by atoms with Gasteiger partial charge in [-0.1, -0.05) is 40.3 Å². The summed E-state index contributed by atoms with van der Waals surface area (Å²) in [4.78, 5) is 0. The summed E-state index contributed by atoms with van der Waals surface area (Å²) in [7, 11) is 2.62. The molecule has 10 N–H and O–H groups in total. The third-order valence-electron chi connectivity index (χ3n) is 10.6. The monoisotopic (exact) mass is 936 g/mol. The van der Waals surface area contributed by atoms with Crippen molar-refractivity contribution >= 4 is 0 Å². The Hall–Kier alpha value is -1.70. The van der Waals surface area contributed by atoms with Gasteiger partial charge in [-0.3, -0.25) is 4.68 Å². The van der Waals surface area contributed by atoms with Crippen LogP contribution in [0.15, 0.2) is 6.20 Å². The lowest BCUT2D eigenvalue weighted by Crippen LogP contribution is -2.63. The minimum Gasteiger partial charge on any atom is -0.387 e. The van der Waals surface area contributed by atoms with Gasteiger partial charge in [0.1, 0.15) is 97.7 Å². The van der Waals surface area contributed by atoms with Crippen molar-refractivity contribution in [3.8, 4) is 0 Å². The molecule has 5 rings (SSSR count). The van der Waals surface area contributed by atoms with Gasteiger partial charge in [0.25, 0.3) is 0 Å². The summed E-state index contributed by atoms with van der Waals surface area (Å²) >= 11 is 0. The summed E-state index contributed by atoms with van der Waals surface area (Å²) in [5.74, 6) is 0. The van der Waals surface area contributed by atoms with Crippen molar-refractivity contribution in [2.24, 2.45) is 0 Å². The summed E-state index contributed by atoms with van der Waals surface area (Å²) < 4.78 is 63.8. The van der Waals surface area contributed by atoms with E-state index < -0.39 is 143 Å². The number of aromatic nitrogens is 3. The van der Waals surface area contributed by atoms with Gasteiger partial charge in [-0.15, -0.1) is 5.10 Å². The van der Waals surface area contributed by atoms with Crippen molar-refractivity contribution in [3.05, 3.63) is 11.9 Å². The Balaban J connectivity index is 0.00000274. The predicted octanol–water partition coefficient (Wildman–Crippen LogP) is -3.44. The van der Waals surface area contributed by atoms with E-state index in [2.05, 4.69) is 10.3 Å². The van der Waals surface area contributed by atoms with E-state index in [-0.39, 0.29) is 27.2 Å². The minimum atomic E-state index is -1.82. The lowest BCUT2D eigenvalue weighted by atomic mass is 9.97. The lowest BCUT2D eigenvalue weighted by molar-refractivity contribution is -0.350. The molecule has 0 saturated carbocycles. The molecule has 1 aromatic heterocycles. The van der Waals surface area contributed by atoms with Gasteiger partial charge in [-0.05, 0) is 26.7 Å². The van der Waals surface area contributed by atoms with Crippen LogP contribution in [0.2, 0.25) is 0 Å². The summed E-state index contributed by atoms with van der Waals surface area (Å²) in [6.07, 6.45) is -26.7. The van der Waals surface area contributed by atoms with E-state index in [1.807, 2.05) is 34.6 Å². The molecule has 5 unspecified atom stereocenters. The first-order chi connectivity index (χ1) is 30.2. The van der Waals surface area contributed by atoms with Gasteiger partial charge in [0.05, 0.1) is 32.1 Å². The quantitative estimate of drug-likeness (QED) is 0.0569. The summed E-state index contributed by atoms with van der Waals surface area (Å²) in [6.45, 7) is 10.8. The van der Waals surface area contributed by atoms with Gasteiger partial charge < -0.3 is 103 Å². The molecule has 4 saturated heterocycles. The van der Waals surface area contributed by atoms with Crippen LogP contribution in [-0.4, -0.2) is 243 Å². The first kappa shape index (κ1) is 58.4. The van der Waals surface area contributed by atoms with Crippen LogP contribution in [0.25, 0.3) is 0 Å². The zero-order valence-electron chi connectivity index (χ0n) is 37.3. The molecule has 20 atom stereocenters.